The van der Waals surface area contributed by atoms with Gasteiger partial charge in [-0.3, -0.25) is 19.2 Å². The highest BCUT2D eigenvalue weighted by Gasteiger charge is 2.36. The van der Waals surface area contributed by atoms with E-state index < -0.39 is 23.1 Å². The number of carbonyl (C=O) groups excluding carboxylic acids is 4. The Hall–Kier alpha value is -5.36. The molecule has 0 bridgehead atoms. The molecular weight excluding hydrogens is 734 g/mol. The molecule has 0 aliphatic rings. The number of carbonyl (C=O) groups is 4. The van der Waals surface area contributed by atoms with E-state index in [1.165, 1.54) is 0 Å². The van der Waals surface area contributed by atoms with Crippen LogP contribution in [-0.4, -0.2) is 23.1 Å². The molecular formula is C44H22Cl4O4. The fourth-order valence-corrected chi connectivity index (χ4v) is 8.18. The van der Waals surface area contributed by atoms with E-state index in [1.807, 2.05) is 0 Å². The lowest BCUT2D eigenvalue weighted by molar-refractivity contribution is 0.0992. The monoisotopic (exact) mass is 754 g/mol. The van der Waals surface area contributed by atoms with Crippen LogP contribution < -0.4 is 0 Å². The van der Waals surface area contributed by atoms with Crippen molar-refractivity contribution in [3.63, 3.8) is 0 Å². The van der Waals surface area contributed by atoms with Crippen molar-refractivity contribution in [3.8, 4) is 0 Å². The SMILES string of the molecule is O=C(c1ccccc1)c1c(C(=O)c2ccccc2)c2ccc3c(Cl)c(Cl)c(Cl)c4c(Cl)c(C(=O)c5ccccc5)c(c1C(=O)c1ccccc1)c2c34. The van der Waals surface area contributed by atoms with Gasteiger partial charge in [-0.2, -0.15) is 0 Å². The number of benzene rings is 8. The Bertz CT molecular complexity index is 2770. The van der Waals surface area contributed by atoms with E-state index in [9.17, 15) is 9.59 Å². The van der Waals surface area contributed by atoms with Crippen LogP contribution in [0.5, 0.6) is 0 Å². The van der Waals surface area contributed by atoms with Gasteiger partial charge in [-0.15, -0.1) is 0 Å². The van der Waals surface area contributed by atoms with Gasteiger partial charge in [0, 0.05) is 60.5 Å². The van der Waals surface area contributed by atoms with Crippen LogP contribution in [0.1, 0.15) is 63.7 Å². The van der Waals surface area contributed by atoms with Gasteiger partial charge in [-0.05, 0) is 10.8 Å². The lowest BCUT2D eigenvalue weighted by atomic mass is 9.77. The highest BCUT2D eigenvalue weighted by atomic mass is 35.5. The third kappa shape index (κ3) is 5.22. The van der Waals surface area contributed by atoms with Crippen LogP contribution in [0.4, 0.5) is 0 Å². The summed E-state index contributed by atoms with van der Waals surface area (Å²) in [4.78, 5) is 60.0. The minimum atomic E-state index is -0.590. The highest BCUT2D eigenvalue weighted by Crippen LogP contribution is 2.52. The number of ketones is 4. The summed E-state index contributed by atoms with van der Waals surface area (Å²) in [5, 5.41) is 1.84. The van der Waals surface area contributed by atoms with Crippen molar-refractivity contribution in [3.05, 3.63) is 198 Å². The predicted octanol–water partition coefficient (Wildman–Crippen LogP) is 12.1. The fraction of sp³-hybridized carbons (Fsp3) is 0. The Morgan fingerprint density at radius 2 is 0.654 bits per heavy atom. The summed E-state index contributed by atoms with van der Waals surface area (Å²) >= 11 is 27.8. The first kappa shape index (κ1) is 33.8. The fourth-order valence-electron chi connectivity index (χ4n) is 6.99. The van der Waals surface area contributed by atoms with Gasteiger partial charge in [0.05, 0.1) is 25.7 Å². The quantitative estimate of drug-likeness (QED) is 0.0879. The average Bonchev–Trinajstić information content (AvgIpc) is 3.19. The van der Waals surface area contributed by atoms with E-state index in [-0.39, 0.29) is 75.4 Å². The van der Waals surface area contributed by atoms with E-state index in [1.54, 1.807) is 133 Å². The molecule has 8 rings (SSSR count). The molecule has 0 heterocycles. The van der Waals surface area contributed by atoms with E-state index >= 15 is 9.59 Å². The van der Waals surface area contributed by atoms with Gasteiger partial charge in [0.1, 0.15) is 0 Å². The van der Waals surface area contributed by atoms with Gasteiger partial charge < -0.3 is 0 Å². The number of halogens is 4. The largest absolute Gasteiger partial charge is 0.289 e. The molecule has 8 heteroatoms. The van der Waals surface area contributed by atoms with Crippen LogP contribution in [0.15, 0.2) is 133 Å². The second kappa shape index (κ2) is 13.3. The molecule has 250 valence electrons. The summed E-state index contributed by atoms with van der Waals surface area (Å²) in [6, 6.07) is 37.1. The van der Waals surface area contributed by atoms with Gasteiger partial charge in [0.2, 0.25) is 0 Å². The standard InChI is InChI=1S/C44H22Cl4O4/c45-37-28-22-21-27-29-30(28)35(39(47)40(37)48)38(46)36(44(52)26-19-11-4-12-20-26)32(29)34(43(51)25-17-9-3-10-18-25)33(42(50)24-15-7-2-8-16-24)31(27)41(49)23-13-5-1-6-14-23/h1-22H. The molecule has 0 aliphatic heterocycles. The van der Waals surface area contributed by atoms with Crippen molar-refractivity contribution in [2.45, 2.75) is 0 Å². The molecule has 0 N–H and O–H groups in total. The zero-order valence-electron chi connectivity index (χ0n) is 26.8. The summed E-state index contributed by atoms with van der Waals surface area (Å²) in [6.45, 7) is 0. The molecule has 0 radical (unpaired) electrons. The molecule has 0 saturated carbocycles. The highest BCUT2D eigenvalue weighted by molar-refractivity contribution is 6.58. The van der Waals surface area contributed by atoms with Crippen LogP contribution in [0.2, 0.25) is 20.1 Å². The molecule has 0 aromatic heterocycles. The maximum absolute atomic E-state index is 15.2. The molecule has 0 unspecified atom stereocenters. The molecule has 8 aromatic carbocycles. The summed E-state index contributed by atoms with van der Waals surface area (Å²) in [6.07, 6.45) is 0. The Kier molecular flexibility index (Phi) is 8.65. The van der Waals surface area contributed by atoms with E-state index in [0.717, 1.165) is 0 Å². The first-order valence-electron chi connectivity index (χ1n) is 16.1. The van der Waals surface area contributed by atoms with Crippen molar-refractivity contribution >= 4 is 102 Å². The Labute approximate surface area is 317 Å². The summed E-state index contributed by atoms with van der Waals surface area (Å²) in [7, 11) is 0. The van der Waals surface area contributed by atoms with Gasteiger partial charge >= 0.3 is 0 Å². The normalized spacial score (nSPS) is 11.4. The Balaban J connectivity index is 1.70. The van der Waals surface area contributed by atoms with Crippen LogP contribution in [0, 0.1) is 0 Å². The summed E-state index contributed by atoms with van der Waals surface area (Å²) in [5.41, 5.74) is 0.629. The third-order valence-corrected chi connectivity index (χ3v) is 11.0. The molecule has 0 saturated heterocycles. The lowest BCUT2D eigenvalue weighted by Gasteiger charge is -2.25. The van der Waals surface area contributed by atoms with E-state index in [0.29, 0.717) is 21.5 Å². The van der Waals surface area contributed by atoms with Crippen molar-refractivity contribution in [1.29, 1.82) is 0 Å². The van der Waals surface area contributed by atoms with Crippen molar-refractivity contribution < 1.29 is 19.2 Å². The van der Waals surface area contributed by atoms with Crippen molar-refractivity contribution in [2.24, 2.45) is 0 Å². The number of hydrogen-bond donors (Lipinski definition) is 0. The lowest BCUT2D eigenvalue weighted by Crippen LogP contribution is -2.20. The molecule has 0 aliphatic carbocycles. The molecule has 0 amide bonds. The van der Waals surface area contributed by atoms with Gasteiger partial charge in [-0.1, -0.05) is 180 Å². The molecule has 0 atom stereocenters. The third-order valence-electron chi connectivity index (χ3n) is 9.31. The minimum absolute atomic E-state index is 0.00279. The van der Waals surface area contributed by atoms with Crippen LogP contribution in [0.3, 0.4) is 0 Å². The van der Waals surface area contributed by atoms with E-state index in [4.69, 9.17) is 46.4 Å². The first-order chi connectivity index (χ1) is 25.2. The number of rotatable bonds is 8. The van der Waals surface area contributed by atoms with Gasteiger partial charge in [-0.25, -0.2) is 0 Å². The smallest absolute Gasteiger partial charge is 0.195 e. The number of hydrogen-bond acceptors (Lipinski definition) is 4. The van der Waals surface area contributed by atoms with Crippen LogP contribution in [0.25, 0.3) is 32.3 Å². The molecule has 52 heavy (non-hydrogen) atoms. The van der Waals surface area contributed by atoms with Crippen molar-refractivity contribution in [2.75, 3.05) is 0 Å². The maximum atomic E-state index is 15.2. The van der Waals surface area contributed by atoms with E-state index in [2.05, 4.69) is 0 Å². The minimum Gasteiger partial charge on any atom is -0.289 e. The molecule has 4 nitrogen and oxygen atoms in total. The Morgan fingerprint density at radius 3 is 1.12 bits per heavy atom. The van der Waals surface area contributed by atoms with Gasteiger partial charge in [0.25, 0.3) is 0 Å². The van der Waals surface area contributed by atoms with Crippen LogP contribution >= 0.6 is 46.4 Å². The zero-order chi connectivity index (χ0) is 36.3. The summed E-state index contributed by atoms with van der Waals surface area (Å²) < 4.78 is 0. The second-order valence-corrected chi connectivity index (χ2v) is 13.7. The van der Waals surface area contributed by atoms with Crippen LogP contribution in [-0.2, 0) is 0 Å². The topological polar surface area (TPSA) is 68.3 Å². The Morgan fingerprint density at radius 1 is 0.288 bits per heavy atom. The van der Waals surface area contributed by atoms with Gasteiger partial charge in [0.15, 0.2) is 23.1 Å². The predicted molar refractivity (Wildman–Crippen MR) is 210 cm³/mol. The second-order valence-electron chi connectivity index (χ2n) is 12.2. The zero-order valence-corrected chi connectivity index (χ0v) is 29.9. The molecule has 0 fully saturated rings. The summed E-state index contributed by atoms with van der Waals surface area (Å²) in [5.74, 6) is -2.21. The first-order valence-corrected chi connectivity index (χ1v) is 17.6. The molecule has 0 spiro atoms. The van der Waals surface area contributed by atoms with Crippen molar-refractivity contribution in [1.82, 2.24) is 0 Å². The average molecular weight is 756 g/mol. The maximum Gasteiger partial charge on any atom is 0.195 e. The molecule has 8 aromatic rings.